The van der Waals surface area contributed by atoms with E-state index in [2.05, 4.69) is 0 Å². The fourth-order valence-corrected chi connectivity index (χ4v) is 0.618. The molecule has 0 aliphatic heterocycles. The number of aliphatic hydroxyl groups is 5. The Morgan fingerprint density at radius 2 is 1.39 bits per heavy atom. The number of carbonyl (C=O) groups excluding carboxylic acids is 1. The number of hydrogen-bond acceptors (Lipinski definition) is 10. The molecule has 0 aliphatic rings. The quantitative estimate of drug-likeness (QED) is 0.141. The Morgan fingerprint density at radius 3 is 1.61 bits per heavy atom. The molecule has 0 aromatic carbocycles. The fourth-order valence-electron chi connectivity index (χ4n) is 0.618. The van der Waals surface area contributed by atoms with Crippen LogP contribution in [0.1, 0.15) is 0 Å². The van der Waals surface area contributed by atoms with Gasteiger partial charge in [-0.15, -0.1) is 0 Å². The molecular weight excluding hydrogens is 288 g/mol. The summed E-state index contributed by atoms with van der Waals surface area (Å²) in [6.07, 6.45) is -6.84. The van der Waals surface area contributed by atoms with Crippen molar-refractivity contribution in [1.29, 1.82) is 0 Å². The van der Waals surface area contributed by atoms with Crippen molar-refractivity contribution in [1.82, 2.24) is 0 Å². The van der Waals surface area contributed by atoms with Gasteiger partial charge in [0.2, 0.25) is 0 Å². The number of hydrogen-bond donors (Lipinski definition) is 5. The third-order valence-electron chi connectivity index (χ3n) is 1.42. The Kier molecular flexibility index (Phi) is 14.2. The van der Waals surface area contributed by atoms with Crippen LogP contribution >= 0.6 is 0 Å². The second kappa shape index (κ2) is 11.0. The minimum atomic E-state index is -5.17. The van der Waals surface area contributed by atoms with Crippen LogP contribution in [0.15, 0.2) is 0 Å². The van der Waals surface area contributed by atoms with Gasteiger partial charge in [-0.2, -0.15) is 0 Å². The maximum absolute atomic E-state index is 9.90. The molecule has 0 spiro atoms. The van der Waals surface area contributed by atoms with Crippen LogP contribution in [0.3, 0.4) is 0 Å². The molecule has 4 unspecified atom stereocenters. The van der Waals surface area contributed by atoms with E-state index in [9.17, 15) is 4.79 Å². The van der Waals surface area contributed by atoms with E-state index in [1.165, 1.54) is 0 Å². The molecule has 10 nitrogen and oxygen atoms in total. The summed E-state index contributed by atoms with van der Waals surface area (Å²) >= 11 is 0. The predicted molar refractivity (Wildman–Crippen MR) is 53.4 cm³/mol. The maximum atomic E-state index is 9.90. The zero-order valence-electron chi connectivity index (χ0n) is 8.99. The average molecular weight is 301 g/mol. The van der Waals surface area contributed by atoms with Crippen molar-refractivity contribution in [3.63, 3.8) is 0 Å². The molecule has 0 saturated heterocycles. The van der Waals surface area contributed by atoms with Gasteiger partial charge in [-0.3, -0.25) is 8.42 Å². The Hall–Kier alpha value is 0.106. The molecule has 104 valence electrons. The molecular formula is C6H12MgO10S. The Balaban J connectivity index is -0.000000321. The summed E-state index contributed by atoms with van der Waals surface area (Å²) in [5.41, 5.74) is 0. The Bertz CT molecular complexity index is 297. The molecule has 0 saturated carbocycles. The molecule has 0 fully saturated rings. The van der Waals surface area contributed by atoms with Gasteiger partial charge in [-0.05, 0) is 0 Å². The number of aliphatic hydroxyl groups excluding tert-OH is 5. The minimum absolute atomic E-state index is 0. The van der Waals surface area contributed by atoms with Crippen molar-refractivity contribution in [3.05, 3.63) is 0 Å². The van der Waals surface area contributed by atoms with Crippen LogP contribution in [0.5, 0.6) is 0 Å². The third kappa shape index (κ3) is 14.2. The van der Waals surface area contributed by atoms with Crippen LogP contribution in [0.25, 0.3) is 0 Å². The van der Waals surface area contributed by atoms with Crippen LogP contribution in [-0.2, 0) is 15.2 Å². The summed E-state index contributed by atoms with van der Waals surface area (Å²) < 4.78 is 34.1. The smallest absolute Gasteiger partial charge is 0.759 e. The van der Waals surface area contributed by atoms with Crippen molar-refractivity contribution in [2.75, 3.05) is 6.61 Å². The summed E-state index contributed by atoms with van der Waals surface area (Å²) in [4.78, 5) is 9.90. The summed E-state index contributed by atoms with van der Waals surface area (Å²) in [5, 5.41) is 43.5. The maximum Gasteiger partial charge on any atom is 2.00 e. The third-order valence-corrected chi connectivity index (χ3v) is 1.42. The van der Waals surface area contributed by atoms with E-state index in [0.29, 0.717) is 0 Å². The van der Waals surface area contributed by atoms with Crippen molar-refractivity contribution < 1.29 is 47.9 Å². The summed E-state index contributed by atoms with van der Waals surface area (Å²) in [6, 6.07) is 0. The van der Waals surface area contributed by atoms with Crippen LogP contribution in [0.4, 0.5) is 0 Å². The van der Waals surface area contributed by atoms with Crippen LogP contribution in [-0.4, -0.2) is 103 Å². The molecule has 0 aromatic rings. The topological polar surface area (TPSA) is 198 Å². The number of aldehydes is 1. The van der Waals surface area contributed by atoms with E-state index < -0.39 is 41.4 Å². The van der Waals surface area contributed by atoms with E-state index in [4.69, 9.17) is 43.1 Å². The van der Waals surface area contributed by atoms with Crippen LogP contribution in [0, 0.1) is 0 Å². The van der Waals surface area contributed by atoms with Gasteiger partial charge in [0.05, 0.1) is 6.61 Å². The van der Waals surface area contributed by atoms with Gasteiger partial charge in [0.15, 0.2) is 6.29 Å². The van der Waals surface area contributed by atoms with Crippen molar-refractivity contribution in [2.45, 2.75) is 24.4 Å². The van der Waals surface area contributed by atoms with Gasteiger partial charge in [0.1, 0.15) is 24.4 Å². The second-order valence-corrected chi connectivity index (χ2v) is 3.58. The van der Waals surface area contributed by atoms with Gasteiger partial charge < -0.3 is 39.4 Å². The van der Waals surface area contributed by atoms with Gasteiger partial charge in [-0.1, -0.05) is 0 Å². The predicted octanol–water partition coefficient (Wildman–Crippen LogP) is -5.10. The molecule has 0 bridgehead atoms. The second-order valence-electron chi connectivity index (χ2n) is 2.77. The van der Waals surface area contributed by atoms with Gasteiger partial charge in [-0.25, -0.2) is 0 Å². The molecule has 0 rings (SSSR count). The zero-order chi connectivity index (χ0) is 14.2. The van der Waals surface area contributed by atoms with Crippen molar-refractivity contribution in [3.8, 4) is 0 Å². The largest absolute Gasteiger partial charge is 2.00 e. The van der Waals surface area contributed by atoms with E-state index in [1.54, 1.807) is 0 Å². The van der Waals surface area contributed by atoms with E-state index in [-0.39, 0.29) is 29.3 Å². The SMILES string of the molecule is O=CC(O)C(O)C(O)C(O)CO.O=S(=O)([O-])[O-].[Mg+2]. The first kappa shape index (κ1) is 23.2. The van der Waals surface area contributed by atoms with Crippen molar-refractivity contribution in [2.24, 2.45) is 0 Å². The minimum Gasteiger partial charge on any atom is -0.759 e. The fraction of sp³-hybridized carbons (Fsp3) is 0.833. The molecule has 12 heteroatoms. The molecule has 18 heavy (non-hydrogen) atoms. The summed E-state index contributed by atoms with van der Waals surface area (Å²) in [6.45, 7) is -0.760. The average Bonchev–Trinajstić information content (AvgIpc) is 2.22. The number of carbonyl (C=O) groups is 1. The molecule has 0 amide bonds. The number of rotatable bonds is 5. The van der Waals surface area contributed by atoms with E-state index >= 15 is 0 Å². The van der Waals surface area contributed by atoms with Crippen LogP contribution < -0.4 is 0 Å². The first-order valence-electron chi connectivity index (χ1n) is 3.99. The van der Waals surface area contributed by atoms with Gasteiger partial charge in [0.25, 0.3) is 0 Å². The molecule has 0 aliphatic carbocycles. The molecule has 0 heterocycles. The molecule has 0 aromatic heterocycles. The van der Waals surface area contributed by atoms with Gasteiger partial charge in [0, 0.05) is 10.4 Å². The molecule has 0 radical (unpaired) electrons. The standard InChI is InChI=1S/C6H12O6.Mg.H2O4S/c7-1-3(9)5(11)6(12)4(10)2-8;;1-5(2,3)4/h1,3-6,8-12H,2H2;;(H2,1,2,3,4)/q;+2;/p-2. The Morgan fingerprint density at radius 1 is 1.06 bits per heavy atom. The monoisotopic (exact) mass is 300 g/mol. The summed E-state index contributed by atoms with van der Waals surface area (Å²) in [7, 11) is -5.17. The normalized spacial score (nSPS) is 17.3. The zero-order valence-corrected chi connectivity index (χ0v) is 11.2. The van der Waals surface area contributed by atoms with E-state index in [1.807, 2.05) is 0 Å². The van der Waals surface area contributed by atoms with Gasteiger partial charge >= 0.3 is 23.1 Å². The Labute approximate surface area is 119 Å². The van der Waals surface area contributed by atoms with Crippen molar-refractivity contribution >= 4 is 39.7 Å². The first-order chi connectivity index (χ1) is 7.54. The first-order valence-corrected chi connectivity index (χ1v) is 5.33. The molecule has 4 atom stereocenters. The van der Waals surface area contributed by atoms with E-state index in [0.717, 1.165) is 0 Å². The molecule has 5 N–H and O–H groups in total. The van der Waals surface area contributed by atoms with Crippen LogP contribution in [0.2, 0.25) is 0 Å². The summed E-state index contributed by atoms with van der Waals surface area (Å²) in [5.74, 6) is 0.